The fourth-order valence-corrected chi connectivity index (χ4v) is 11.0. The van der Waals surface area contributed by atoms with Crippen LogP contribution in [0.25, 0.3) is 0 Å². The first-order chi connectivity index (χ1) is 17.0. The normalized spacial score (nSPS) is 16.6. The lowest BCUT2D eigenvalue weighted by molar-refractivity contribution is -0.168. The van der Waals surface area contributed by atoms with Crippen molar-refractivity contribution in [3.8, 4) is 0 Å². The van der Waals surface area contributed by atoms with Crippen LogP contribution < -0.4 is 9.69 Å². The van der Waals surface area contributed by atoms with Crippen molar-refractivity contribution in [1.82, 2.24) is 0 Å². The highest BCUT2D eigenvalue weighted by atomic mass is 79.9. The van der Waals surface area contributed by atoms with E-state index in [2.05, 4.69) is 66.3 Å². The van der Waals surface area contributed by atoms with Gasteiger partial charge in [0.05, 0.1) is 10.4 Å². The zero-order valence-corrected chi connectivity index (χ0v) is 25.8. The van der Waals surface area contributed by atoms with E-state index in [0.717, 1.165) is 19.4 Å². The second-order valence-electron chi connectivity index (χ2n) is 10.7. The maximum Gasteiger partial charge on any atom is 0.158 e. The molecule has 0 N–H and O–H groups in total. The molecule has 2 aromatic rings. The zero-order valence-electron chi connectivity index (χ0n) is 22.4. The molecule has 2 heterocycles. The zero-order chi connectivity index (χ0) is 24.9. The van der Waals surface area contributed by atoms with Crippen molar-refractivity contribution in [2.45, 2.75) is 123 Å². The van der Waals surface area contributed by atoms with E-state index in [0.29, 0.717) is 6.61 Å². The Hall–Kier alpha value is -0.463. The second kappa shape index (κ2) is 15.7. The lowest BCUT2D eigenvalue weighted by atomic mass is 10.0. The summed E-state index contributed by atoms with van der Waals surface area (Å²) in [5.41, 5.74) is 2.84. The number of unbranched alkanes of at least 4 members (excludes halogenated alkanes) is 9. The number of halogens is 1. The topological polar surface area (TPSA) is 18.5 Å². The Labute approximate surface area is 228 Å². The Morgan fingerprint density at radius 3 is 2.31 bits per heavy atom. The van der Waals surface area contributed by atoms with E-state index in [-0.39, 0.29) is 6.29 Å². The first-order valence-electron chi connectivity index (χ1n) is 14.1. The number of thiophene rings is 1. The predicted octanol–water partition coefficient (Wildman–Crippen LogP) is 8.84. The smallest absolute Gasteiger partial charge is 0.158 e. The van der Waals surface area contributed by atoms with Gasteiger partial charge in [-0.3, -0.25) is 0 Å². The fraction of sp³-hybridized carbons (Fsp3) is 0.667. The Balaban J connectivity index is 1.50. The Kier molecular flexibility index (Phi) is 13.1. The van der Waals surface area contributed by atoms with Crippen LogP contribution in [0.3, 0.4) is 0 Å². The molecular formula is C30H47BrO2SSi. The summed E-state index contributed by atoms with van der Waals surface area (Å²) in [6.07, 6.45) is 18.5. The van der Waals surface area contributed by atoms with Crippen molar-refractivity contribution >= 4 is 45.0 Å². The Morgan fingerprint density at radius 1 is 0.943 bits per heavy atom. The van der Waals surface area contributed by atoms with Gasteiger partial charge in [-0.25, -0.2) is 0 Å². The maximum atomic E-state index is 6.18. The van der Waals surface area contributed by atoms with Crippen LogP contribution in [0.1, 0.15) is 102 Å². The number of ether oxygens (including phenoxy) is 2. The van der Waals surface area contributed by atoms with Crippen molar-refractivity contribution in [2.24, 2.45) is 0 Å². The lowest BCUT2D eigenvalue weighted by Crippen LogP contribution is -2.53. The van der Waals surface area contributed by atoms with Gasteiger partial charge in [-0.15, -0.1) is 11.3 Å². The van der Waals surface area contributed by atoms with Crippen LogP contribution in [0, 0.1) is 0 Å². The molecule has 1 atom stereocenters. The van der Waals surface area contributed by atoms with E-state index < -0.39 is 8.07 Å². The molecule has 0 spiro atoms. The van der Waals surface area contributed by atoms with E-state index in [9.17, 15) is 0 Å². The molecule has 1 aromatic heterocycles. The molecule has 196 valence electrons. The van der Waals surface area contributed by atoms with E-state index >= 15 is 0 Å². The molecule has 1 aliphatic heterocycles. The number of benzene rings is 1. The van der Waals surface area contributed by atoms with Crippen LogP contribution in [0.15, 0.2) is 34.1 Å². The summed E-state index contributed by atoms with van der Waals surface area (Å²) in [7, 11) is -1.81. The molecule has 1 aromatic carbocycles. The van der Waals surface area contributed by atoms with Gasteiger partial charge in [0, 0.05) is 6.61 Å². The molecule has 2 nitrogen and oxygen atoms in total. The van der Waals surface area contributed by atoms with Crippen molar-refractivity contribution in [3.63, 3.8) is 0 Å². The van der Waals surface area contributed by atoms with E-state index in [1.54, 1.807) is 4.50 Å². The van der Waals surface area contributed by atoms with Crippen molar-refractivity contribution in [3.05, 3.63) is 45.2 Å². The van der Waals surface area contributed by atoms with E-state index in [1.807, 2.05) is 11.3 Å². The summed E-state index contributed by atoms with van der Waals surface area (Å²) in [4.78, 5) is 0. The van der Waals surface area contributed by atoms with Crippen LogP contribution in [-0.2, 0) is 22.5 Å². The van der Waals surface area contributed by atoms with Gasteiger partial charge in [-0.1, -0.05) is 102 Å². The molecule has 0 aliphatic carbocycles. The van der Waals surface area contributed by atoms with Crippen LogP contribution in [0.2, 0.25) is 13.1 Å². The molecule has 0 amide bonds. The minimum atomic E-state index is -1.81. The summed E-state index contributed by atoms with van der Waals surface area (Å²) in [6.45, 7) is 8.75. The molecule has 3 rings (SSSR count). The average Bonchev–Trinajstić information content (AvgIpc) is 3.26. The Bertz CT molecular complexity index is 860. The summed E-state index contributed by atoms with van der Waals surface area (Å²) in [5.74, 6) is 0. The minimum Gasteiger partial charge on any atom is -0.353 e. The molecule has 0 bridgehead atoms. The monoisotopic (exact) mass is 578 g/mol. The molecule has 35 heavy (non-hydrogen) atoms. The molecule has 1 aliphatic rings. The SMILES string of the molecule is CCCCCCCCCCCCc1cc([Si](C)(C)c2ccccc2COC2CCCCO2)sc1Br. The number of hydrogen-bond donors (Lipinski definition) is 0. The van der Waals surface area contributed by atoms with Gasteiger partial charge < -0.3 is 9.47 Å². The first kappa shape index (κ1) is 29.1. The number of aryl methyl sites for hydroxylation is 1. The third-order valence-electron chi connectivity index (χ3n) is 7.43. The average molecular weight is 580 g/mol. The third kappa shape index (κ3) is 9.41. The molecular weight excluding hydrogens is 532 g/mol. The van der Waals surface area contributed by atoms with E-state index in [1.165, 1.54) is 97.1 Å². The molecule has 0 radical (unpaired) electrons. The Morgan fingerprint density at radius 2 is 1.63 bits per heavy atom. The van der Waals surface area contributed by atoms with Gasteiger partial charge in [0.1, 0.15) is 8.07 Å². The quantitative estimate of drug-likeness (QED) is 0.146. The number of rotatable bonds is 16. The van der Waals surface area contributed by atoms with Crippen molar-refractivity contribution in [1.29, 1.82) is 0 Å². The standard InChI is InChI=1S/C30H47BrO2SSi/c1-4-5-6-7-8-9-10-11-12-13-18-25-23-29(34-30(25)31)35(2,3)27-20-15-14-19-26(27)24-33-28-21-16-17-22-32-28/h14-15,19-20,23,28H,4-13,16-18,21-22,24H2,1-3H3. The van der Waals surface area contributed by atoms with Gasteiger partial charge in [-0.05, 0) is 74.9 Å². The van der Waals surface area contributed by atoms with Crippen LogP contribution in [0.4, 0.5) is 0 Å². The van der Waals surface area contributed by atoms with Crippen LogP contribution >= 0.6 is 27.3 Å². The van der Waals surface area contributed by atoms with Gasteiger partial charge in [0.2, 0.25) is 0 Å². The van der Waals surface area contributed by atoms with Crippen LogP contribution in [-0.4, -0.2) is 21.0 Å². The van der Waals surface area contributed by atoms with E-state index in [4.69, 9.17) is 9.47 Å². The van der Waals surface area contributed by atoms with Gasteiger partial charge in [-0.2, -0.15) is 0 Å². The first-order valence-corrected chi connectivity index (χ1v) is 18.7. The summed E-state index contributed by atoms with van der Waals surface area (Å²) in [5, 5.41) is 1.50. The van der Waals surface area contributed by atoms with Gasteiger partial charge in [0.15, 0.2) is 6.29 Å². The highest BCUT2D eigenvalue weighted by Crippen LogP contribution is 2.27. The minimum absolute atomic E-state index is 0.0369. The largest absolute Gasteiger partial charge is 0.353 e. The van der Waals surface area contributed by atoms with Crippen molar-refractivity contribution in [2.75, 3.05) is 6.61 Å². The van der Waals surface area contributed by atoms with Gasteiger partial charge >= 0.3 is 0 Å². The molecule has 1 fully saturated rings. The predicted molar refractivity (Wildman–Crippen MR) is 159 cm³/mol. The second-order valence-corrected chi connectivity index (χ2v) is 17.8. The highest BCUT2D eigenvalue weighted by Gasteiger charge is 2.31. The summed E-state index contributed by atoms with van der Waals surface area (Å²) < 4.78 is 14.9. The highest BCUT2D eigenvalue weighted by molar-refractivity contribution is 9.11. The summed E-state index contributed by atoms with van der Waals surface area (Å²) >= 11 is 5.87. The molecule has 1 unspecified atom stereocenters. The van der Waals surface area contributed by atoms with Crippen LogP contribution in [0.5, 0.6) is 0 Å². The molecule has 5 heteroatoms. The van der Waals surface area contributed by atoms with Crippen molar-refractivity contribution < 1.29 is 9.47 Å². The lowest BCUT2D eigenvalue weighted by Gasteiger charge is -2.27. The number of hydrogen-bond acceptors (Lipinski definition) is 3. The van der Waals surface area contributed by atoms with Gasteiger partial charge in [0.25, 0.3) is 0 Å². The fourth-order valence-electron chi connectivity index (χ4n) is 5.10. The third-order valence-corrected chi connectivity index (χ3v) is 14.2. The summed E-state index contributed by atoms with van der Waals surface area (Å²) in [6, 6.07) is 11.4. The maximum absolute atomic E-state index is 6.18. The molecule has 1 saturated heterocycles. The molecule has 0 saturated carbocycles.